The van der Waals surface area contributed by atoms with E-state index >= 15 is 0 Å². The van der Waals surface area contributed by atoms with Crippen LogP contribution in [0.5, 0.6) is 0 Å². The lowest BCUT2D eigenvalue weighted by molar-refractivity contribution is -0.125. The van der Waals surface area contributed by atoms with Crippen molar-refractivity contribution < 1.29 is 9.59 Å². The number of hydrogen-bond donors (Lipinski definition) is 1. The third kappa shape index (κ3) is 4.44. The van der Waals surface area contributed by atoms with Gasteiger partial charge in [0.1, 0.15) is 5.69 Å². The maximum absolute atomic E-state index is 12.8. The molecule has 1 aliphatic rings. The van der Waals surface area contributed by atoms with E-state index in [1.807, 2.05) is 64.8 Å². The Balaban J connectivity index is 1.56. The molecule has 3 heterocycles. The Bertz CT molecular complexity index is 1040. The summed E-state index contributed by atoms with van der Waals surface area (Å²) in [5.74, 6) is -0.0779. The molecule has 1 fully saturated rings. The number of amides is 3. The van der Waals surface area contributed by atoms with E-state index in [1.165, 1.54) is 0 Å². The summed E-state index contributed by atoms with van der Waals surface area (Å²) >= 11 is 1.61. The Morgan fingerprint density at radius 2 is 1.77 bits per heavy atom. The monoisotopic (exact) mass is 421 g/mol. The van der Waals surface area contributed by atoms with E-state index in [0.717, 1.165) is 28.2 Å². The number of carbonyl (C=O) groups is 2. The van der Waals surface area contributed by atoms with Crippen molar-refractivity contribution in [3.05, 3.63) is 65.7 Å². The quantitative estimate of drug-likeness (QED) is 0.657. The van der Waals surface area contributed by atoms with Gasteiger partial charge in [0.25, 0.3) is 0 Å². The van der Waals surface area contributed by atoms with Crippen LogP contribution in [-0.4, -0.2) is 57.7 Å². The number of nitrogens with two attached hydrogens (primary N) is 1. The minimum atomic E-state index is -0.436. The van der Waals surface area contributed by atoms with E-state index < -0.39 is 6.03 Å². The highest BCUT2D eigenvalue weighted by Gasteiger charge is 2.19. The molecule has 3 amide bonds. The lowest BCUT2D eigenvalue weighted by Gasteiger charge is -2.19. The Morgan fingerprint density at radius 1 is 1.00 bits per heavy atom. The SMILES string of the molecule is NC(=O)N1CCCN(C(=O)/C=C/c2cn(-c3ccccc3)nc2-c2cccs2)CC1. The molecule has 3 aromatic rings. The van der Waals surface area contributed by atoms with Gasteiger partial charge in [-0.1, -0.05) is 24.3 Å². The van der Waals surface area contributed by atoms with Gasteiger partial charge in [-0.15, -0.1) is 11.3 Å². The smallest absolute Gasteiger partial charge is 0.314 e. The largest absolute Gasteiger partial charge is 0.351 e. The van der Waals surface area contributed by atoms with Crippen LogP contribution < -0.4 is 5.73 Å². The van der Waals surface area contributed by atoms with Gasteiger partial charge in [-0.25, -0.2) is 9.48 Å². The zero-order chi connectivity index (χ0) is 20.9. The van der Waals surface area contributed by atoms with Crippen LogP contribution in [0.3, 0.4) is 0 Å². The maximum atomic E-state index is 12.8. The zero-order valence-corrected chi connectivity index (χ0v) is 17.3. The second kappa shape index (κ2) is 8.96. The summed E-state index contributed by atoms with van der Waals surface area (Å²) < 4.78 is 1.83. The molecule has 0 saturated carbocycles. The summed E-state index contributed by atoms with van der Waals surface area (Å²) in [4.78, 5) is 28.5. The molecular weight excluding hydrogens is 398 g/mol. The molecule has 0 unspecified atom stereocenters. The van der Waals surface area contributed by atoms with Crippen molar-refractivity contribution in [2.75, 3.05) is 26.2 Å². The van der Waals surface area contributed by atoms with E-state index in [2.05, 4.69) is 0 Å². The minimum absolute atomic E-state index is 0.0779. The summed E-state index contributed by atoms with van der Waals surface area (Å²) in [5.41, 5.74) is 8.05. The molecule has 7 nitrogen and oxygen atoms in total. The number of primary amides is 1. The van der Waals surface area contributed by atoms with Crippen LogP contribution in [0.1, 0.15) is 12.0 Å². The first-order chi connectivity index (χ1) is 14.6. The van der Waals surface area contributed by atoms with Gasteiger partial charge in [-0.2, -0.15) is 5.10 Å². The lowest BCUT2D eigenvalue weighted by Crippen LogP contribution is -2.39. The molecular formula is C22H23N5O2S. The van der Waals surface area contributed by atoms with Crippen LogP contribution in [0.4, 0.5) is 4.79 Å². The van der Waals surface area contributed by atoms with E-state index in [0.29, 0.717) is 26.2 Å². The van der Waals surface area contributed by atoms with Crippen molar-refractivity contribution in [1.29, 1.82) is 0 Å². The van der Waals surface area contributed by atoms with Gasteiger partial charge in [0, 0.05) is 44.0 Å². The molecule has 30 heavy (non-hydrogen) atoms. The second-order valence-electron chi connectivity index (χ2n) is 7.03. The third-order valence-electron chi connectivity index (χ3n) is 5.04. The Morgan fingerprint density at radius 3 is 2.50 bits per heavy atom. The van der Waals surface area contributed by atoms with Gasteiger partial charge in [0.2, 0.25) is 5.91 Å². The second-order valence-corrected chi connectivity index (χ2v) is 7.98. The first-order valence-corrected chi connectivity index (χ1v) is 10.7. The molecule has 0 atom stereocenters. The molecule has 0 aliphatic carbocycles. The number of aromatic nitrogens is 2. The number of nitrogens with zero attached hydrogens (tertiary/aromatic N) is 4. The fourth-order valence-corrected chi connectivity index (χ4v) is 4.18. The van der Waals surface area contributed by atoms with E-state index in [1.54, 1.807) is 27.2 Å². The first-order valence-electron chi connectivity index (χ1n) is 9.82. The molecule has 0 radical (unpaired) electrons. The molecule has 4 rings (SSSR count). The molecule has 2 aromatic heterocycles. The van der Waals surface area contributed by atoms with E-state index in [4.69, 9.17) is 10.8 Å². The van der Waals surface area contributed by atoms with Crippen molar-refractivity contribution in [2.24, 2.45) is 5.73 Å². The highest BCUT2D eigenvalue weighted by molar-refractivity contribution is 7.13. The third-order valence-corrected chi connectivity index (χ3v) is 5.92. The highest BCUT2D eigenvalue weighted by Crippen LogP contribution is 2.28. The average molecular weight is 422 g/mol. The first kappa shape index (κ1) is 19.9. The fraction of sp³-hybridized carbons (Fsp3) is 0.227. The summed E-state index contributed by atoms with van der Waals surface area (Å²) in [7, 11) is 0. The number of para-hydroxylation sites is 1. The van der Waals surface area contributed by atoms with Gasteiger partial charge in [0.15, 0.2) is 0 Å². The van der Waals surface area contributed by atoms with Gasteiger partial charge in [-0.05, 0) is 36.1 Å². The van der Waals surface area contributed by atoms with Crippen molar-refractivity contribution in [3.63, 3.8) is 0 Å². The van der Waals surface area contributed by atoms with Crippen LogP contribution >= 0.6 is 11.3 Å². The van der Waals surface area contributed by atoms with Crippen LogP contribution in [0.25, 0.3) is 22.3 Å². The van der Waals surface area contributed by atoms with Crippen molar-refractivity contribution in [2.45, 2.75) is 6.42 Å². The number of benzene rings is 1. The number of carbonyl (C=O) groups excluding carboxylic acids is 2. The Kier molecular flexibility index (Phi) is 5.94. The van der Waals surface area contributed by atoms with Crippen LogP contribution in [-0.2, 0) is 4.79 Å². The zero-order valence-electron chi connectivity index (χ0n) is 16.5. The van der Waals surface area contributed by atoms with Crippen LogP contribution in [0.2, 0.25) is 0 Å². The maximum Gasteiger partial charge on any atom is 0.314 e. The molecule has 1 aliphatic heterocycles. The number of urea groups is 1. The minimum Gasteiger partial charge on any atom is -0.351 e. The van der Waals surface area contributed by atoms with Crippen molar-refractivity contribution in [1.82, 2.24) is 19.6 Å². The van der Waals surface area contributed by atoms with Gasteiger partial charge >= 0.3 is 6.03 Å². The summed E-state index contributed by atoms with van der Waals surface area (Å²) in [6.07, 6.45) is 6.06. The predicted octanol–water partition coefficient (Wildman–Crippen LogP) is 3.23. The molecule has 1 aromatic carbocycles. The topological polar surface area (TPSA) is 84.5 Å². The normalized spacial score (nSPS) is 14.8. The summed E-state index contributed by atoms with van der Waals surface area (Å²) in [5, 5.41) is 6.76. The standard InChI is InChI=1S/C22H23N5O2S/c23-22(29)26-12-5-11-25(13-14-26)20(28)10-9-17-16-27(18-6-2-1-3-7-18)24-21(17)19-8-4-15-30-19/h1-4,6-10,15-16H,5,11-14H2,(H2,23,29)/b10-9+. The number of thiophene rings is 1. The number of hydrogen-bond acceptors (Lipinski definition) is 4. The van der Waals surface area contributed by atoms with Crippen molar-refractivity contribution in [3.8, 4) is 16.3 Å². The van der Waals surface area contributed by atoms with Crippen molar-refractivity contribution >= 4 is 29.4 Å². The number of rotatable bonds is 4. The molecule has 154 valence electrons. The average Bonchev–Trinajstić information content (AvgIpc) is 3.36. The highest BCUT2D eigenvalue weighted by atomic mass is 32.1. The van der Waals surface area contributed by atoms with Gasteiger partial charge in [0.05, 0.1) is 10.6 Å². The van der Waals surface area contributed by atoms with E-state index in [-0.39, 0.29) is 5.91 Å². The Hall–Kier alpha value is -3.39. The Labute approximate surface area is 179 Å². The van der Waals surface area contributed by atoms with Crippen LogP contribution in [0.15, 0.2) is 60.1 Å². The molecule has 1 saturated heterocycles. The summed E-state index contributed by atoms with van der Waals surface area (Å²) in [6.45, 7) is 2.12. The van der Waals surface area contributed by atoms with E-state index in [9.17, 15) is 9.59 Å². The predicted molar refractivity (Wildman–Crippen MR) is 118 cm³/mol. The van der Waals surface area contributed by atoms with Crippen LogP contribution in [0, 0.1) is 0 Å². The molecule has 0 bridgehead atoms. The molecule has 8 heteroatoms. The summed E-state index contributed by atoms with van der Waals surface area (Å²) in [6, 6.07) is 13.5. The van der Waals surface area contributed by atoms with Gasteiger partial charge in [-0.3, -0.25) is 4.79 Å². The fourth-order valence-electron chi connectivity index (χ4n) is 3.45. The molecule has 0 spiro atoms. The lowest BCUT2D eigenvalue weighted by atomic mass is 10.2. The molecule has 2 N–H and O–H groups in total. The van der Waals surface area contributed by atoms with Gasteiger partial charge < -0.3 is 15.5 Å².